The van der Waals surface area contributed by atoms with Crippen molar-refractivity contribution < 1.29 is 14.9 Å². The van der Waals surface area contributed by atoms with E-state index in [0.717, 1.165) is 5.06 Å². The molecule has 0 bridgehead atoms. The highest BCUT2D eigenvalue weighted by Gasteiger charge is 2.22. The standard InChI is InChI=1S/C16H15N3O4/c1-3-18(20)16-11-9-10(23-2)7-8-12(11)17-13-5-4-6-14(15(13)16)19(21)22/h4-9,20H,3H2,1-2H3. The minimum absolute atomic E-state index is 0.0952. The van der Waals surface area contributed by atoms with E-state index in [1.54, 1.807) is 37.3 Å². The molecule has 118 valence electrons. The molecule has 0 fully saturated rings. The fraction of sp³-hybridized carbons (Fsp3) is 0.188. The van der Waals surface area contributed by atoms with Crippen molar-refractivity contribution in [2.24, 2.45) is 0 Å². The van der Waals surface area contributed by atoms with E-state index in [1.807, 2.05) is 0 Å². The van der Waals surface area contributed by atoms with Gasteiger partial charge in [-0.05, 0) is 31.2 Å². The highest BCUT2D eigenvalue weighted by Crippen LogP contribution is 2.39. The van der Waals surface area contributed by atoms with Gasteiger partial charge in [-0.15, -0.1) is 0 Å². The first-order chi connectivity index (χ1) is 11.1. The van der Waals surface area contributed by atoms with Gasteiger partial charge >= 0.3 is 0 Å². The predicted molar refractivity (Wildman–Crippen MR) is 87.3 cm³/mol. The molecule has 0 radical (unpaired) electrons. The first-order valence-electron chi connectivity index (χ1n) is 7.08. The van der Waals surface area contributed by atoms with Crippen LogP contribution in [0.5, 0.6) is 5.75 Å². The van der Waals surface area contributed by atoms with Crippen LogP contribution in [0.2, 0.25) is 0 Å². The largest absolute Gasteiger partial charge is 0.497 e. The highest BCUT2D eigenvalue weighted by atomic mass is 16.6. The molecule has 0 spiro atoms. The van der Waals surface area contributed by atoms with Crippen LogP contribution in [0.15, 0.2) is 36.4 Å². The van der Waals surface area contributed by atoms with Crippen molar-refractivity contribution in [3.8, 4) is 5.75 Å². The Morgan fingerprint density at radius 2 is 2.09 bits per heavy atom. The highest BCUT2D eigenvalue weighted by molar-refractivity contribution is 6.11. The monoisotopic (exact) mass is 313 g/mol. The maximum atomic E-state index is 11.4. The number of methoxy groups -OCH3 is 1. The van der Waals surface area contributed by atoms with Crippen LogP contribution >= 0.6 is 0 Å². The Bertz CT molecular complexity index is 911. The first kappa shape index (κ1) is 15.0. The lowest BCUT2D eigenvalue weighted by Gasteiger charge is -2.19. The van der Waals surface area contributed by atoms with Crippen LogP contribution in [0.1, 0.15) is 6.92 Å². The molecule has 7 nitrogen and oxygen atoms in total. The summed E-state index contributed by atoms with van der Waals surface area (Å²) in [4.78, 5) is 15.4. The third-order valence-electron chi connectivity index (χ3n) is 3.71. The lowest BCUT2D eigenvalue weighted by atomic mass is 10.1. The van der Waals surface area contributed by atoms with Gasteiger partial charge in [-0.2, -0.15) is 0 Å². The number of ether oxygens (including phenoxy) is 1. The lowest BCUT2D eigenvalue weighted by molar-refractivity contribution is -0.383. The van der Waals surface area contributed by atoms with Gasteiger partial charge in [0.25, 0.3) is 5.69 Å². The van der Waals surface area contributed by atoms with Crippen molar-refractivity contribution in [2.75, 3.05) is 18.7 Å². The van der Waals surface area contributed by atoms with Crippen molar-refractivity contribution in [1.82, 2.24) is 4.98 Å². The number of benzene rings is 2. The number of hydrogen-bond donors (Lipinski definition) is 1. The van der Waals surface area contributed by atoms with E-state index < -0.39 is 4.92 Å². The maximum absolute atomic E-state index is 11.4. The third kappa shape index (κ3) is 2.40. The third-order valence-corrected chi connectivity index (χ3v) is 3.71. The van der Waals surface area contributed by atoms with E-state index in [9.17, 15) is 15.3 Å². The van der Waals surface area contributed by atoms with Gasteiger partial charge in [0.2, 0.25) is 0 Å². The number of hydroxylamine groups is 1. The number of anilines is 1. The van der Waals surface area contributed by atoms with Gasteiger partial charge in [0.1, 0.15) is 11.1 Å². The topological polar surface area (TPSA) is 88.7 Å². The van der Waals surface area contributed by atoms with Crippen LogP contribution in [-0.4, -0.2) is 28.8 Å². The van der Waals surface area contributed by atoms with Gasteiger partial charge in [-0.1, -0.05) is 6.07 Å². The van der Waals surface area contributed by atoms with Gasteiger partial charge in [-0.25, -0.2) is 4.98 Å². The van der Waals surface area contributed by atoms with Gasteiger partial charge in [0.05, 0.1) is 28.8 Å². The summed E-state index contributed by atoms with van der Waals surface area (Å²) in [5, 5.41) is 23.6. The number of pyridine rings is 1. The van der Waals surface area contributed by atoms with Crippen LogP contribution in [-0.2, 0) is 0 Å². The number of nitro benzene ring substituents is 1. The summed E-state index contributed by atoms with van der Waals surface area (Å²) < 4.78 is 5.22. The second-order valence-electron chi connectivity index (χ2n) is 4.99. The zero-order valence-electron chi connectivity index (χ0n) is 12.7. The number of fused-ring (bicyclic) bond motifs is 2. The average Bonchev–Trinajstić information content (AvgIpc) is 2.57. The summed E-state index contributed by atoms with van der Waals surface area (Å²) >= 11 is 0. The van der Waals surface area contributed by atoms with E-state index >= 15 is 0 Å². The van der Waals surface area contributed by atoms with E-state index in [1.165, 1.54) is 13.2 Å². The lowest BCUT2D eigenvalue weighted by Crippen LogP contribution is -2.18. The Hall–Kier alpha value is -2.93. The van der Waals surface area contributed by atoms with Crippen molar-refractivity contribution in [3.05, 3.63) is 46.5 Å². The number of non-ortho nitro benzene ring substituents is 1. The van der Waals surface area contributed by atoms with Crippen LogP contribution in [0.3, 0.4) is 0 Å². The van der Waals surface area contributed by atoms with Gasteiger partial charge < -0.3 is 4.74 Å². The van der Waals surface area contributed by atoms with E-state index in [2.05, 4.69) is 4.98 Å². The fourth-order valence-corrected chi connectivity index (χ4v) is 2.64. The zero-order chi connectivity index (χ0) is 16.6. The Morgan fingerprint density at radius 3 is 2.74 bits per heavy atom. The van der Waals surface area contributed by atoms with Crippen molar-refractivity contribution >= 4 is 33.2 Å². The molecule has 23 heavy (non-hydrogen) atoms. The molecule has 7 heteroatoms. The average molecular weight is 313 g/mol. The Balaban J connectivity index is 2.53. The first-order valence-corrected chi connectivity index (χ1v) is 7.08. The molecule has 0 aliphatic carbocycles. The molecule has 0 aliphatic heterocycles. The second kappa shape index (κ2) is 5.69. The molecule has 2 aromatic carbocycles. The molecule has 1 N–H and O–H groups in total. The number of hydrogen-bond acceptors (Lipinski definition) is 6. The van der Waals surface area contributed by atoms with Crippen molar-refractivity contribution in [3.63, 3.8) is 0 Å². The summed E-state index contributed by atoms with van der Waals surface area (Å²) in [6.45, 7) is 2.03. The van der Waals surface area contributed by atoms with Gasteiger partial charge in [0.15, 0.2) is 0 Å². The SMILES string of the molecule is CCN(O)c1c2cc(OC)ccc2nc2cccc([N+](=O)[O-])c12. The molecule has 1 aromatic heterocycles. The Morgan fingerprint density at radius 1 is 1.30 bits per heavy atom. The quantitative estimate of drug-likeness (QED) is 0.450. The summed E-state index contributed by atoms with van der Waals surface area (Å²) in [5.41, 5.74) is 1.35. The fourth-order valence-electron chi connectivity index (χ4n) is 2.64. The summed E-state index contributed by atoms with van der Waals surface area (Å²) in [6.07, 6.45) is 0. The summed E-state index contributed by atoms with van der Waals surface area (Å²) in [7, 11) is 1.54. The molecule has 0 atom stereocenters. The molecule has 3 rings (SSSR count). The Labute approximate surface area is 131 Å². The number of nitro groups is 1. The number of rotatable bonds is 4. The minimum atomic E-state index is -0.469. The Kier molecular flexibility index (Phi) is 3.71. The van der Waals surface area contributed by atoms with Crippen LogP contribution in [0, 0.1) is 10.1 Å². The number of aromatic nitrogens is 1. The van der Waals surface area contributed by atoms with Crippen LogP contribution < -0.4 is 9.80 Å². The summed E-state index contributed by atoms with van der Waals surface area (Å²) in [6, 6.07) is 9.92. The molecule has 0 saturated carbocycles. The maximum Gasteiger partial charge on any atom is 0.280 e. The normalized spacial score (nSPS) is 10.9. The van der Waals surface area contributed by atoms with Gasteiger partial charge in [-0.3, -0.25) is 20.4 Å². The molecule has 1 heterocycles. The zero-order valence-corrected chi connectivity index (χ0v) is 12.7. The molecule has 0 saturated heterocycles. The molecule has 0 aliphatic rings. The van der Waals surface area contributed by atoms with Crippen LogP contribution in [0.4, 0.5) is 11.4 Å². The minimum Gasteiger partial charge on any atom is -0.497 e. The summed E-state index contributed by atoms with van der Waals surface area (Å²) in [5.74, 6) is 0.586. The predicted octanol–water partition coefficient (Wildman–Crippen LogP) is 3.52. The molecule has 0 unspecified atom stereocenters. The molecule has 0 amide bonds. The van der Waals surface area contributed by atoms with Crippen molar-refractivity contribution in [2.45, 2.75) is 6.92 Å². The van der Waals surface area contributed by atoms with E-state index in [-0.39, 0.29) is 12.2 Å². The molecular formula is C16H15N3O4. The molecule has 3 aromatic rings. The van der Waals surface area contributed by atoms with Gasteiger partial charge in [0, 0.05) is 18.0 Å². The van der Waals surface area contributed by atoms with Crippen molar-refractivity contribution in [1.29, 1.82) is 0 Å². The van der Waals surface area contributed by atoms with E-state index in [4.69, 9.17) is 4.74 Å². The van der Waals surface area contributed by atoms with E-state index in [0.29, 0.717) is 33.2 Å². The molecular weight excluding hydrogens is 298 g/mol. The number of nitrogens with zero attached hydrogens (tertiary/aromatic N) is 3. The van der Waals surface area contributed by atoms with Crippen LogP contribution in [0.25, 0.3) is 21.8 Å². The second-order valence-corrected chi connectivity index (χ2v) is 4.99. The smallest absolute Gasteiger partial charge is 0.280 e.